The molecule has 0 heterocycles. The number of rotatable bonds is 6. The number of nitrogens with one attached hydrogen (secondary N) is 1. The maximum absolute atomic E-state index is 13.1. The lowest BCUT2D eigenvalue weighted by Gasteiger charge is -2.12. The number of aromatic hydroxyl groups is 1. The first kappa shape index (κ1) is 20.4. The van der Waals surface area contributed by atoms with Crippen molar-refractivity contribution in [1.82, 2.24) is 0 Å². The van der Waals surface area contributed by atoms with Crippen LogP contribution in [0.4, 0.5) is 5.69 Å². The maximum atomic E-state index is 13.1. The molecular formula is C24H20ClNO3. The molecule has 0 saturated carbocycles. The van der Waals surface area contributed by atoms with Crippen molar-refractivity contribution in [1.29, 1.82) is 0 Å². The Morgan fingerprint density at radius 3 is 2.00 bits per heavy atom. The average Bonchev–Trinajstić information content (AvgIpc) is 2.70. The molecule has 0 radical (unpaired) electrons. The number of halogens is 1. The molecule has 146 valence electrons. The fourth-order valence-electron chi connectivity index (χ4n) is 2.70. The lowest BCUT2D eigenvalue weighted by Crippen LogP contribution is -2.14. The number of carbonyl (C=O) groups is 2. The third kappa shape index (κ3) is 5.12. The molecule has 29 heavy (non-hydrogen) atoms. The molecule has 0 aliphatic heterocycles. The largest absolute Gasteiger partial charge is 0.506 e. The zero-order chi connectivity index (χ0) is 21.0. The van der Waals surface area contributed by atoms with Gasteiger partial charge < -0.3 is 10.4 Å². The summed E-state index contributed by atoms with van der Waals surface area (Å²) in [7, 11) is 0. The van der Waals surface area contributed by atoms with Crippen LogP contribution in [0.5, 0.6) is 5.75 Å². The number of phenols is 1. The van der Waals surface area contributed by atoms with Crippen LogP contribution in [0.25, 0.3) is 0 Å². The van der Waals surface area contributed by atoms with Crippen molar-refractivity contribution >= 4 is 28.9 Å². The van der Waals surface area contributed by atoms with Gasteiger partial charge in [-0.3, -0.25) is 9.59 Å². The van der Waals surface area contributed by atoms with Gasteiger partial charge in [-0.15, -0.1) is 0 Å². The molecule has 0 atom stereocenters. The molecule has 0 spiro atoms. The van der Waals surface area contributed by atoms with Crippen LogP contribution in [0, 0.1) is 13.8 Å². The van der Waals surface area contributed by atoms with Crippen LogP contribution in [-0.4, -0.2) is 16.7 Å². The van der Waals surface area contributed by atoms with Crippen molar-refractivity contribution < 1.29 is 14.7 Å². The van der Waals surface area contributed by atoms with E-state index in [2.05, 4.69) is 5.32 Å². The van der Waals surface area contributed by atoms with E-state index in [1.807, 2.05) is 38.1 Å². The summed E-state index contributed by atoms with van der Waals surface area (Å²) in [6.45, 7) is 3.86. The van der Waals surface area contributed by atoms with E-state index in [1.165, 1.54) is 24.3 Å². The predicted molar refractivity (Wildman–Crippen MR) is 116 cm³/mol. The van der Waals surface area contributed by atoms with Gasteiger partial charge >= 0.3 is 0 Å². The van der Waals surface area contributed by atoms with Crippen LogP contribution < -0.4 is 5.32 Å². The van der Waals surface area contributed by atoms with Crippen LogP contribution in [0.2, 0.25) is 5.02 Å². The van der Waals surface area contributed by atoms with E-state index >= 15 is 0 Å². The average molecular weight is 406 g/mol. The summed E-state index contributed by atoms with van der Waals surface area (Å²) in [6, 6.07) is 18.6. The fourth-order valence-corrected chi connectivity index (χ4v) is 2.88. The highest BCUT2D eigenvalue weighted by molar-refractivity contribution is 6.31. The third-order valence-electron chi connectivity index (χ3n) is 4.40. The molecule has 0 unspecified atom stereocenters. The number of carbonyl (C=O) groups excluding carboxylic acids is 2. The molecule has 3 aromatic carbocycles. The number of ketones is 2. The molecular weight excluding hydrogens is 386 g/mol. The Labute approximate surface area is 174 Å². The molecule has 0 fully saturated rings. The van der Waals surface area contributed by atoms with E-state index in [9.17, 15) is 14.7 Å². The monoisotopic (exact) mass is 405 g/mol. The number of benzene rings is 3. The van der Waals surface area contributed by atoms with Gasteiger partial charge in [-0.1, -0.05) is 71.3 Å². The van der Waals surface area contributed by atoms with E-state index in [1.54, 1.807) is 24.3 Å². The molecule has 0 bridgehead atoms. The van der Waals surface area contributed by atoms with Crippen LogP contribution in [0.3, 0.4) is 0 Å². The SMILES string of the molecule is Cc1ccc(C(=O)C=C(Nc2cc(Cl)ccc2O)C(=O)c2ccc(C)cc2)cc1. The molecule has 3 aromatic rings. The summed E-state index contributed by atoms with van der Waals surface area (Å²) in [5.74, 6) is -0.779. The van der Waals surface area contributed by atoms with Crippen molar-refractivity contribution in [3.05, 3.63) is 106 Å². The Morgan fingerprint density at radius 1 is 0.862 bits per heavy atom. The van der Waals surface area contributed by atoms with Crippen LogP contribution in [0.1, 0.15) is 31.8 Å². The van der Waals surface area contributed by atoms with Crippen molar-refractivity contribution in [2.45, 2.75) is 13.8 Å². The molecule has 0 saturated heterocycles. The zero-order valence-electron chi connectivity index (χ0n) is 16.1. The quantitative estimate of drug-likeness (QED) is 0.312. The lowest BCUT2D eigenvalue weighted by molar-refractivity contribution is 0.101. The minimum atomic E-state index is -0.371. The second kappa shape index (κ2) is 8.76. The highest BCUT2D eigenvalue weighted by atomic mass is 35.5. The predicted octanol–water partition coefficient (Wildman–Crippen LogP) is 5.72. The van der Waals surface area contributed by atoms with E-state index in [0.29, 0.717) is 16.1 Å². The van der Waals surface area contributed by atoms with Gasteiger partial charge in [-0.05, 0) is 32.0 Å². The summed E-state index contributed by atoms with van der Waals surface area (Å²) < 4.78 is 0. The first-order chi connectivity index (χ1) is 13.8. The first-order valence-corrected chi connectivity index (χ1v) is 9.41. The molecule has 2 N–H and O–H groups in total. The minimum Gasteiger partial charge on any atom is -0.506 e. The topological polar surface area (TPSA) is 66.4 Å². The van der Waals surface area contributed by atoms with Gasteiger partial charge in [0.05, 0.1) is 11.4 Å². The molecule has 0 aliphatic rings. The maximum Gasteiger partial charge on any atom is 0.209 e. The number of aryl methyl sites for hydroxylation is 2. The van der Waals surface area contributed by atoms with E-state index in [0.717, 1.165) is 11.1 Å². The highest BCUT2D eigenvalue weighted by Crippen LogP contribution is 2.28. The van der Waals surface area contributed by atoms with E-state index in [-0.39, 0.29) is 28.7 Å². The van der Waals surface area contributed by atoms with Gasteiger partial charge in [0, 0.05) is 22.2 Å². The van der Waals surface area contributed by atoms with Gasteiger partial charge in [0.25, 0.3) is 0 Å². The van der Waals surface area contributed by atoms with Gasteiger partial charge in [0.15, 0.2) is 5.78 Å². The Balaban J connectivity index is 2.01. The van der Waals surface area contributed by atoms with Crippen molar-refractivity contribution in [2.24, 2.45) is 0 Å². The van der Waals surface area contributed by atoms with E-state index in [4.69, 9.17) is 11.6 Å². The molecule has 4 nitrogen and oxygen atoms in total. The zero-order valence-corrected chi connectivity index (χ0v) is 16.8. The van der Waals surface area contributed by atoms with Crippen LogP contribution in [-0.2, 0) is 0 Å². The Morgan fingerprint density at radius 2 is 1.41 bits per heavy atom. The molecule has 5 heteroatoms. The van der Waals surface area contributed by atoms with Crippen molar-refractivity contribution in [3.63, 3.8) is 0 Å². The fraction of sp³-hybridized carbons (Fsp3) is 0.0833. The molecule has 0 aromatic heterocycles. The second-order valence-corrected chi connectivity index (χ2v) is 7.21. The van der Waals surface area contributed by atoms with Crippen LogP contribution in [0.15, 0.2) is 78.5 Å². The second-order valence-electron chi connectivity index (χ2n) is 6.77. The summed E-state index contributed by atoms with van der Waals surface area (Å²) in [6.07, 6.45) is 1.24. The molecule has 3 rings (SSSR count). The summed E-state index contributed by atoms with van der Waals surface area (Å²) in [5, 5.41) is 13.4. The number of Topliss-reactive ketones (excluding diaryl/α,β-unsaturated/α-hetero) is 1. The number of hydrogen-bond acceptors (Lipinski definition) is 4. The molecule has 0 amide bonds. The first-order valence-electron chi connectivity index (χ1n) is 9.03. The minimum absolute atomic E-state index is 0.0389. The normalized spacial score (nSPS) is 11.2. The summed E-state index contributed by atoms with van der Waals surface area (Å²) in [4.78, 5) is 25.8. The van der Waals surface area contributed by atoms with Gasteiger partial charge in [-0.25, -0.2) is 0 Å². The van der Waals surface area contributed by atoms with Crippen LogP contribution >= 0.6 is 11.6 Å². The Kier molecular flexibility index (Phi) is 6.15. The van der Waals surface area contributed by atoms with Gasteiger partial charge in [-0.2, -0.15) is 0 Å². The van der Waals surface area contributed by atoms with Gasteiger partial charge in [0.1, 0.15) is 5.75 Å². The lowest BCUT2D eigenvalue weighted by atomic mass is 10.0. The van der Waals surface area contributed by atoms with Gasteiger partial charge in [0.2, 0.25) is 5.78 Å². The summed E-state index contributed by atoms with van der Waals surface area (Å²) >= 11 is 6.01. The number of allylic oxidation sites excluding steroid dienone is 2. The van der Waals surface area contributed by atoms with Crippen molar-refractivity contribution in [2.75, 3.05) is 5.32 Å². The third-order valence-corrected chi connectivity index (χ3v) is 4.63. The summed E-state index contributed by atoms with van der Waals surface area (Å²) in [5.41, 5.74) is 3.21. The Bertz CT molecular complexity index is 1080. The number of hydrogen-bond donors (Lipinski definition) is 2. The standard InChI is InChI=1S/C24H20ClNO3/c1-15-3-7-17(8-4-15)23(28)14-21(24(29)18-9-5-16(2)6-10-18)26-20-13-19(25)11-12-22(20)27/h3-14,26-27H,1-2H3. The van der Waals surface area contributed by atoms with Crippen molar-refractivity contribution in [3.8, 4) is 5.75 Å². The smallest absolute Gasteiger partial charge is 0.209 e. The van der Waals surface area contributed by atoms with E-state index < -0.39 is 0 Å². The number of anilines is 1. The number of phenolic OH excluding ortho intramolecular Hbond substituents is 1. The Hall–Kier alpha value is -3.37. The molecule has 0 aliphatic carbocycles. The highest BCUT2D eigenvalue weighted by Gasteiger charge is 2.17.